The molecule has 3 rings (SSSR count). The Morgan fingerprint density at radius 3 is 2.39 bits per heavy atom. The molecule has 1 saturated carbocycles. The fourth-order valence-corrected chi connectivity index (χ4v) is 6.34. The maximum atomic E-state index is 4.48. The second-order valence-corrected chi connectivity index (χ2v) is 12.9. The number of aryl methyl sites for hydroxylation is 1. The molecule has 0 aliphatic heterocycles. The lowest BCUT2D eigenvalue weighted by Gasteiger charge is -2.44. The lowest BCUT2D eigenvalue weighted by atomic mass is 9.61. The van der Waals surface area contributed by atoms with Crippen molar-refractivity contribution >= 4 is 5.57 Å². The van der Waals surface area contributed by atoms with Gasteiger partial charge in [0.15, 0.2) is 0 Å². The first-order chi connectivity index (χ1) is 17.0. The molecule has 0 radical (unpaired) electrons. The van der Waals surface area contributed by atoms with Crippen LogP contribution in [0.15, 0.2) is 49.3 Å². The number of nitrogens with zero attached hydrogens (tertiary/aromatic N) is 1. The highest BCUT2D eigenvalue weighted by molar-refractivity contribution is 5.64. The molecule has 1 heterocycles. The molecule has 0 spiro atoms. The minimum Gasteiger partial charge on any atom is -0.264 e. The predicted octanol–water partition coefficient (Wildman–Crippen LogP) is 10.8. The van der Waals surface area contributed by atoms with Crippen molar-refractivity contribution in [3.8, 4) is 0 Å². The van der Waals surface area contributed by atoms with Crippen LogP contribution in [0.25, 0.3) is 5.57 Å². The van der Waals surface area contributed by atoms with Gasteiger partial charge in [0.25, 0.3) is 0 Å². The Morgan fingerprint density at radius 1 is 1.08 bits per heavy atom. The zero-order valence-electron chi connectivity index (χ0n) is 24.9. The van der Waals surface area contributed by atoms with Gasteiger partial charge < -0.3 is 0 Å². The first-order valence-corrected chi connectivity index (χ1v) is 14.7. The zero-order chi connectivity index (χ0) is 26.7. The van der Waals surface area contributed by atoms with Crippen molar-refractivity contribution in [1.29, 1.82) is 0 Å². The molecular weight excluding hydrogens is 434 g/mol. The van der Waals surface area contributed by atoms with Gasteiger partial charge in [-0.15, -0.1) is 0 Å². The van der Waals surface area contributed by atoms with Gasteiger partial charge in [0.2, 0.25) is 0 Å². The molecule has 200 valence electrons. The highest BCUT2D eigenvalue weighted by atomic mass is 14.6. The van der Waals surface area contributed by atoms with E-state index in [1.54, 1.807) is 0 Å². The van der Waals surface area contributed by atoms with Crippen LogP contribution < -0.4 is 0 Å². The van der Waals surface area contributed by atoms with Crippen molar-refractivity contribution in [2.75, 3.05) is 0 Å². The predicted molar refractivity (Wildman–Crippen MR) is 160 cm³/mol. The number of benzene rings is 1. The number of pyridine rings is 1. The number of allylic oxidation sites excluding steroid dienone is 1. The molecule has 1 aliphatic rings. The summed E-state index contributed by atoms with van der Waals surface area (Å²) in [5.41, 5.74) is 7.47. The standard InChI is InChI=1S/C31H45N.C4H10/c1-7-14-31(20-24(4)18-30(21-31)29-11-9-16-32-22-29)15-8-10-25(5)28-13-12-27(17-23(2)3)26(6)19-28;1-4(2)3/h9,11-13,16,19,22-24,30H,5,7-8,10,14-15,17-18,20-21H2,1-4,6H3;4H,1-3H3. The Balaban J connectivity index is 0.00000106. The number of hydrogen-bond acceptors (Lipinski definition) is 1. The molecule has 1 aliphatic carbocycles. The average molecular weight is 490 g/mol. The van der Waals surface area contributed by atoms with Crippen LogP contribution in [0.3, 0.4) is 0 Å². The summed E-state index contributed by atoms with van der Waals surface area (Å²) < 4.78 is 0. The van der Waals surface area contributed by atoms with Gasteiger partial charge in [-0.3, -0.25) is 4.98 Å². The third-order valence-corrected chi connectivity index (χ3v) is 7.65. The summed E-state index contributed by atoms with van der Waals surface area (Å²) in [6.07, 6.45) is 15.5. The summed E-state index contributed by atoms with van der Waals surface area (Å²) >= 11 is 0. The number of aromatic nitrogens is 1. The molecule has 0 bridgehead atoms. The van der Waals surface area contributed by atoms with Crippen LogP contribution >= 0.6 is 0 Å². The van der Waals surface area contributed by atoms with E-state index in [0.29, 0.717) is 17.3 Å². The second-order valence-electron chi connectivity index (χ2n) is 12.9. The summed E-state index contributed by atoms with van der Waals surface area (Å²) in [5.74, 6) is 2.99. The lowest BCUT2D eigenvalue weighted by molar-refractivity contribution is 0.101. The van der Waals surface area contributed by atoms with Gasteiger partial charge in [0, 0.05) is 12.4 Å². The molecular formula is C35H55N. The SMILES string of the molecule is C=C(CCCC1(CCC)CC(C)CC(c2cccnc2)C1)c1ccc(CC(C)C)c(C)c1.CC(C)C. The van der Waals surface area contributed by atoms with Crippen LogP contribution in [-0.4, -0.2) is 4.98 Å². The van der Waals surface area contributed by atoms with Gasteiger partial charge in [-0.05, 0) is 121 Å². The third kappa shape index (κ3) is 9.87. The molecule has 1 aromatic heterocycles. The minimum atomic E-state index is 0.476. The van der Waals surface area contributed by atoms with Crippen LogP contribution in [0.5, 0.6) is 0 Å². The van der Waals surface area contributed by atoms with Crippen molar-refractivity contribution in [3.63, 3.8) is 0 Å². The van der Waals surface area contributed by atoms with Crippen LogP contribution in [0.1, 0.15) is 128 Å². The van der Waals surface area contributed by atoms with Gasteiger partial charge in [0.1, 0.15) is 0 Å². The molecule has 0 N–H and O–H groups in total. The quantitative estimate of drug-likeness (QED) is 0.323. The van der Waals surface area contributed by atoms with E-state index in [0.717, 1.165) is 24.7 Å². The zero-order valence-corrected chi connectivity index (χ0v) is 24.9. The van der Waals surface area contributed by atoms with Crippen molar-refractivity contribution in [2.45, 2.75) is 119 Å². The van der Waals surface area contributed by atoms with E-state index in [4.69, 9.17) is 0 Å². The van der Waals surface area contributed by atoms with E-state index < -0.39 is 0 Å². The smallest absolute Gasteiger partial charge is 0.0302 e. The Bertz CT molecular complexity index is 907. The van der Waals surface area contributed by atoms with Crippen molar-refractivity contribution < 1.29 is 0 Å². The molecule has 0 amide bonds. The van der Waals surface area contributed by atoms with E-state index in [1.807, 2.05) is 6.20 Å². The molecule has 3 unspecified atom stereocenters. The molecule has 36 heavy (non-hydrogen) atoms. The Morgan fingerprint density at radius 2 is 1.81 bits per heavy atom. The van der Waals surface area contributed by atoms with E-state index in [2.05, 4.69) is 103 Å². The highest BCUT2D eigenvalue weighted by Crippen LogP contribution is 2.51. The molecule has 1 aromatic carbocycles. The Labute approximate surface area is 224 Å². The van der Waals surface area contributed by atoms with Gasteiger partial charge in [-0.25, -0.2) is 0 Å². The topological polar surface area (TPSA) is 12.9 Å². The molecule has 1 heteroatoms. The average Bonchev–Trinajstić information content (AvgIpc) is 2.80. The molecule has 3 atom stereocenters. The van der Waals surface area contributed by atoms with Crippen LogP contribution in [0.4, 0.5) is 0 Å². The summed E-state index contributed by atoms with van der Waals surface area (Å²) in [7, 11) is 0. The molecule has 0 saturated heterocycles. The van der Waals surface area contributed by atoms with Gasteiger partial charge in [0.05, 0.1) is 0 Å². The largest absolute Gasteiger partial charge is 0.264 e. The number of hydrogen-bond donors (Lipinski definition) is 0. The highest BCUT2D eigenvalue weighted by Gasteiger charge is 2.38. The maximum Gasteiger partial charge on any atom is 0.0302 e. The molecule has 1 nitrogen and oxygen atoms in total. The molecule has 1 fully saturated rings. The first kappa shape index (κ1) is 30.3. The summed E-state index contributed by atoms with van der Waals surface area (Å²) in [6, 6.07) is 11.4. The van der Waals surface area contributed by atoms with Crippen molar-refractivity contribution in [3.05, 3.63) is 71.6 Å². The van der Waals surface area contributed by atoms with Crippen LogP contribution in [-0.2, 0) is 6.42 Å². The van der Waals surface area contributed by atoms with E-state index in [-0.39, 0.29) is 0 Å². The summed E-state index contributed by atoms with van der Waals surface area (Å²) in [4.78, 5) is 4.41. The maximum absolute atomic E-state index is 4.48. The second kappa shape index (κ2) is 14.7. The normalized spacial score (nSPS) is 21.8. The van der Waals surface area contributed by atoms with E-state index in [1.165, 1.54) is 72.8 Å². The molecule has 2 aromatic rings. The Kier molecular flexibility index (Phi) is 12.4. The van der Waals surface area contributed by atoms with Gasteiger partial charge in [-0.2, -0.15) is 0 Å². The van der Waals surface area contributed by atoms with E-state index >= 15 is 0 Å². The fourth-order valence-electron chi connectivity index (χ4n) is 6.34. The van der Waals surface area contributed by atoms with Gasteiger partial charge in [-0.1, -0.05) is 85.7 Å². The Hall–Kier alpha value is -1.89. The summed E-state index contributed by atoms with van der Waals surface area (Å²) in [6.45, 7) is 22.7. The van der Waals surface area contributed by atoms with Crippen molar-refractivity contribution in [2.24, 2.45) is 23.2 Å². The fraction of sp³-hybridized carbons (Fsp3) is 0.629. The lowest BCUT2D eigenvalue weighted by Crippen LogP contribution is -2.32. The first-order valence-electron chi connectivity index (χ1n) is 14.7. The summed E-state index contributed by atoms with van der Waals surface area (Å²) in [5, 5.41) is 0. The van der Waals surface area contributed by atoms with Crippen LogP contribution in [0.2, 0.25) is 0 Å². The number of rotatable bonds is 10. The third-order valence-electron chi connectivity index (χ3n) is 7.65. The monoisotopic (exact) mass is 489 g/mol. The van der Waals surface area contributed by atoms with Crippen LogP contribution in [0, 0.1) is 30.1 Å². The van der Waals surface area contributed by atoms with Crippen molar-refractivity contribution in [1.82, 2.24) is 4.98 Å². The van der Waals surface area contributed by atoms with E-state index in [9.17, 15) is 0 Å². The van der Waals surface area contributed by atoms with Gasteiger partial charge >= 0.3 is 0 Å². The minimum absolute atomic E-state index is 0.476.